The monoisotopic (exact) mass is 256 g/mol. The average Bonchev–Trinajstić information content (AvgIpc) is 2.31. The van der Waals surface area contributed by atoms with E-state index >= 15 is 0 Å². The lowest BCUT2D eigenvalue weighted by atomic mass is 9.66. The highest BCUT2D eigenvalue weighted by Gasteiger charge is 2.71. The van der Waals surface area contributed by atoms with Gasteiger partial charge in [-0.2, -0.15) is 0 Å². The van der Waals surface area contributed by atoms with Crippen LogP contribution in [0.5, 0.6) is 11.5 Å². The first-order valence-electron chi connectivity index (χ1n) is 6.11. The van der Waals surface area contributed by atoms with Gasteiger partial charge in [0.25, 0.3) is 0 Å². The second-order valence-electron chi connectivity index (χ2n) is 4.90. The van der Waals surface area contributed by atoms with Crippen LogP contribution in [0.25, 0.3) is 0 Å². The molecule has 2 N–H and O–H groups in total. The van der Waals surface area contributed by atoms with Gasteiger partial charge in [-0.25, -0.2) is 0 Å². The zero-order chi connectivity index (χ0) is 13.0. The molecule has 5 rings (SSSR count). The van der Waals surface area contributed by atoms with Gasteiger partial charge in [-0.3, -0.25) is 0 Å². The predicted octanol–water partition coefficient (Wildman–Crippen LogP) is 2.10. The van der Waals surface area contributed by atoms with Crippen molar-refractivity contribution in [3.63, 3.8) is 0 Å². The molecule has 0 aromatic heterocycles. The fourth-order valence-corrected chi connectivity index (χ4v) is 2.82. The maximum Gasteiger partial charge on any atom is 0.182 e. The van der Waals surface area contributed by atoms with E-state index in [1.165, 1.54) is 0 Å². The molecule has 2 aromatic rings. The van der Waals surface area contributed by atoms with Gasteiger partial charge in [0.2, 0.25) is 0 Å². The molecule has 0 atom stereocenters. The van der Waals surface area contributed by atoms with Gasteiger partial charge in [0, 0.05) is 0 Å². The molecule has 2 bridgehead atoms. The second-order valence-corrected chi connectivity index (χ2v) is 4.90. The first-order chi connectivity index (χ1) is 9.21. The Morgan fingerprint density at radius 1 is 0.684 bits per heavy atom. The van der Waals surface area contributed by atoms with Crippen molar-refractivity contribution in [1.29, 1.82) is 0 Å². The molecular weight excluding hydrogens is 244 g/mol. The highest BCUT2D eigenvalue weighted by Crippen LogP contribution is 2.59. The Labute approximate surface area is 109 Å². The van der Waals surface area contributed by atoms with Crippen molar-refractivity contribution in [2.45, 2.75) is 18.0 Å². The van der Waals surface area contributed by atoms with Crippen LogP contribution in [-0.4, -0.2) is 22.8 Å². The molecule has 0 unspecified atom stereocenters. The molecule has 2 aromatic carbocycles. The summed E-state index contributed by atoms with van der Waals surface area (Å²) in [7, 11) is 0. The van der Waals surface area contributed by atoms with Gasteiger partial charge in [-0.15, -0.1) is 0 Å². The molecule has 0 saturated carbocycles. The summed E-state index contributed by atoms with van der Waals surface area (Å²) < 4.78 is 10.9. The summed E-state index contributed by atoms with van der Waals surface area (Å²) in [4.78, 5) is 0. The number of ether oxygens (including phenoxy) is 2. The Bertz CT molecular complexity index is 556. The van der Waals surface area contributed by atoms with Gasteiger partial charge in [0.05, 0.1) is 0 Å². The van der Waals surface area contributed by atoms with Gasteiger partial charge >= 0.3 is 0 Å². The van der Waals surface area contributed by atoms with E-state index in [1.807, 2.05) is 24.3 Å². The minimum absolute atomic E-state index is 0.236. The number of hydrogen-bond donors (Lipinski definition) is 2. The summed E-state index contributed by atoms with van der Waals surface area (Å²) in [5, 5.41) is 18.8. The molecule has 3 heterocycles. The molecule has 3 aliphatic rings. The summed E-state index contributed by atoms with van der Waals surface area (Å²) in [5.74, 6) is 0.471. The molecular formula is C15H12O4. The van der Waals surface area contributed by atoms with Gasteiger partial charge in [0.15, 0.2) is 12.6 Å². The number of phenols is 2. The highest BCUT2D eigenvalue weighted by molar-refractivity contribution is 5.48. The number of phenolic OH excluding ortho intramolecular Hbond substituents is 2. The molecule has 0 radical (unpaired) electrons. The third kappa shape index (κ3) is 1.25. The smallest absolute Gasteiger partial charge is 0.182 e. The molecule has 4 heteroatoms. The zero-order valence-corrected chi connectivity index (χ0v) is 9.98. The summed E-state index contributed by atoms with van der Waals surface area (Å²) in [6.45, 7) is 0. The van der Waals surface area contributed by atoms with Crippen LogP contribution < -0.4 is 0 Å². The quantitative estimate of drug-likeness (QED) is 0.863. The fraction of sp³-hybridized carbons (Fsp3) is 0.200. The SMILES string of the molecule is Oc1ccc(C2(c3ccc(O)cc3)C3OC2O3)cc1. The van der Waals surface area contributed by atoms with E-state index in [9.17, 15) is 10.2 Å². The first kappa shape index (κ1) is 10.8. The average molecular weight is 256 g/mol. The Morgan fingerprint density at radius 2 is 1.05 bits per heavy atom. The number of aromatic hydroxyl groups is 2. The van der Waals surface area contributed by atoms with Crippen LogP contribution in [0, 0.1) is 0 Å². The largest absolute Gasteiger partial charge is 0.508 e. The molecule has 3 aliphatic heterocycles. The fourth-order valence-electron chi connectivity index (χ4n) is 2.82. The van der Waals surface area contributed by atoms with Crippen LogP contribution in [-0.2, 0) is 14.9 Å². The predicted molar refractivity (Wildman–Crippen MR) is 66.7 cm³/mol. The van der Waals surface area contributed by atoms with Gasteiger partial charge in [-0.05, 0) is 35.4 Å². The Balaban J connectivity index is 1.83. The van der Waals surface area contributed by atoms with Crippen LogP contribution in [0.2, 0.25) is 0 Å². The van der Waals surface area contributed by atoms with Crippen molar-refractivity contribution in [1.82, 2.24) is 0 Å². The highest BCUT2D eigenvalue weighted by atomic mass is 16.9. The maximum absolute atomic E-state index is 9.40. The van der Waals surface area contributed by atoms with Gasteiger partial charge < -0.3 is 19.7 Å². The molecule has 0 spiro atoms. The summed E-state index contributed by atoms with van der Waals surface area (Å²) in [6, 6.07) is 14.2. The van der Waals surface area contributed by atoms with E-state index < -0.39 is 0 Å². The van der Waals surface area contributed by atoms with E-state index in [0.717, 1.165) is 11.1 Å². The van der Waals surface area contributed by atoms with Crippen molar-refractivity contribution in [3.8, 4) is 11.5 Å². The number of benzene rings is 2. The number of hydrogen-bond acceptors (Lipinski definition) is 4. The minimum Gasteiger partial charge on any atom is -0.508 e. The van der Waals surface area contributed by atoms with E-state index in [0.29, 0.717) is 0 Å². The topological polar surface area (TPSA) is 58.9 Å². The lowest BCUT2D eigenvalue weighted by Gasteiger charge is -2.65. The minimum atomic E-state index is -0.318. The van der Waals surface area contributed by atoms with Crippen LogP contribution in [0.15, 0.2) is 48.5 Å². The van der Waals surface area contributed by atoms with Gasteiger partial charge in [-0.1, -0.05) is 24.3 Å². The van der Waals surface area contributed by atoms with E-state index in [4.69, 9.17) is 9.47 Å². The van der Waals surface area contributed by atoms with Crippen LogP contribution in [0.3, 0.4) is 0 Å². The Kier molecular flexibility index (Phi) is 2.00. The van der Waals surface area contributed by atoms with E-state index in [1.54, 1.807) is 24.3 Å². The Morgan fingerprint density at radius 3 is 1.32 bits per heavy atom. The summed E-state index contributed by atoms with van der Waals surface area (Å²) in [5.41, 5.74) is 1.77. The zero-order valence-electron chi connectivity index (χ0n) is 9.98. The molecule has 19 heavy (non-hydrogen) atoms. The molecule has 96 valence electrons. The molecule has 0 amide bonds. The Hall–Kier alpha value is -2.04. The third-order valence-corrected chi connectivity index (χ3v) is 3.93. The molecule has 3 saturated heterocycles. The second kappa shape index (κ2) is 3.50. The summed E-state index contributed by atoms with van der Waals surface area (Å²) >= 11 is 0. The molecule has 4 nitrogen and oxygen atoms in total. The lowest BCUT2D eigenvalue weighted by Crippen LogP contribution is -2.77. The molecule has 0 aliphatic carbocycles. The van der Waals surface area contributed by atoms with Crippen LogP contribution in [0.4, 0.5) is 0 Å². The van der Waals surface area contributed by atoms with Crippen molar-refractivity contribution in [3.05, 3.63) is 59.7 Å². The van der Waals surface area contributed by atoms with Crippen LogP contribution in [0.1, 0.15) is 11.1 Å². The standard InChI is InChI=1S/C15H12O4/c16-11-5-1-9(2-6-11)15(13-18-14(15)19-13)10-3-7-12(17)8-4-10/h1-8,13-14,16-17H. The normalized spacial score (nSPS) is 26.3. The van der Waals surface area contributed by atoms with Gasteiger partial charge in [0.1, 0.15) is 16.9 Å². The first-order valence-corrected chi connectivity index (χ1v) is 6.11. The van der Waals surface area contributed by atoms with Crippen molar-refractivity contribution < 1.29 is 19.7 Å². The van der Waals surface area contributed by atoms with E-state index in [-0.39, 0.29) is 29.5 Å². The molecule has 3 fully saturated rings. The third-order valence-electron chi connectivity index (χ3n) is 3.93. The van der Waals surface area contributed by atoms with Crippen LogP contribution >= 0.6 is 0 Å². The van der Waals surface area contributed by atoms with E-state index in [2.05, 4.69) is 0 Å². The van der Waals surface area contributed by atoms with Crippen molar-refractivity contribution >= 4 is 0 Å². The maximum atomic E-state index is 9.40. The van der Waals surface area contributed by atoms with Crippen molar-refractivity contribution in [2.24, 2.45) is 0 Å². The van der Waals surface area contributed by atoms with Crippen molar-refractivity contribution in [2.75, 3.05) is 0 Å². The summed E-state index contributed by atoms with van der Waals surface area (Å²) in [6.07, 6.45) is -0.571. The number of rotatable bonds is 2. The lowest BCUT2D eigenvalue weighted by molar-refractivity contribution is -0.527.